The number of carbonyl (C=O) groups is 2. The van der Waals surface area contributed by atoms with Crippen LogP contribution in [0.5, 0.6) is 11.5 Å². The number of aldehydes is 1. The van der Waals surface area contributed by atoms with Crippen molar-refractivity contribution in [2.75, 3.05) is 14.2 Å². The Kier molecular flexibility index (Phi) is 5.74. The molecule has 1 atom stereocenters. The number of benzene rings is 2. The van der Waals surface area contributed by atoms with Gasteiger partial charge in [-0.2, -0.15) is 0 Å². The number of hydrogen-bond acceptors (Lipinski definition) is 4. The molecule has 2 rings (SSSR count). The summed E-state index contributed by atoms with van der Waals surface area (Å²) >= 11 is 0. The van der Waals surface area contributed by atoms with Gasteiger partial charge in [-0.15, -0.1) is 0 Å². The average molecular weight is 313 g/mol. The molecule has 0 saturated heterocycles. The van der Waals surface area contributed by atoms with Gasteiger partial charge in [0, 0.05) is 5.56 Å². The molecule has 5 heteroatoms. The van der Waals surface area contributed by atoms with Crippen molar-refractivity contribution in [3.8, 4) is 11.5 Å². The highest BCUT2D eigenvalue weighted by Crippen LogP contribution is 2.27. The molecule has 5 nitrogen and oxygen atoms in total. The van der Waals surface area contributed by atoms with Gasteiger partial charge in [-0.25, -0.2) is 0 Å². The van der Waals surface area contributed by atoms with E-state index in [0.29, 0.717) is 23.5 Å². The fourth-order valence-corrected chi connectivity index (χ4v) is 2.24. The van der Waals surface area contributed by atoms with Gasteiger partial charge < -0.3 is 19.6 Å². The molecule has 0 aliphatic rings. The van der Waals surface area contributed by atoms with Crippen molar-refractivity contribution in [1.29, 1.82) is 0 Å². The lowest BCUT2D eigenvalue weighted by atomic mass is 10.1. The SMILES string of the molecule is COc1ccc(C[C@@H](C=O)NC(=O)c2ccccc2)cc1OC. The molecule has 1 N–H and O–H groups in total. The largest absolute Gasteiger partial charge is 0.493 e. The average Bonchev–Trinajstić information content (AvgIpc) is 2.61. The highest BCUT2D eigenvalue weighted by atomic mass is 16.5. The van der Waals surface area contributed by atoms with Crippen LogP contribution in [0, 0.1) is 0 Å². The first-order chi connectivity index (χ1) is 11.2. The second-order valence-corrected chi connectivity index (χ2v) is 4.98. The smallest absolute Gasteiger partial charge is 0.251 e. The summed E-state index contributed by atoms with van der Waals surface area (Å²) in [5.41, 5.74) is 1.39. The lowest BCUT2D eigenvalue weighted by Crippen LogP contribution is -2.37. The monoisotopic (exact) mass is 313 g/mol. The molecule has 2 aromatic rings. The van der Waals surface area contributed by atoms with Crippen LogP contribution in [0.25, 0.3) is 0 Å². The van der Waals surface area contributed by atoms with Crippen LogP contribution in [-0.2, 0) is 11.2 Å². The Morgan fingerprint density at radius 2 is 1.78 bits per heavy atom. The zero-order valence-corrected chi connectivity index (χ0v) is 13.1. The van der Waals surface area contributed by atoms with Crippen molar-refractivity contribution >= 4 is 12.2 Å². The summed E-state index contributed by atoms with van der Waals surface area (Å²) < 4.78 is 10.4. The maximum Gasteiger partial charge on any atom is 0.251 e. The van der Waals surface area contributed by atoms with Gasteiger partial charge in [0.1, 0.15) is 6.29 Å². The van der Waals surface area contributed by atoms with Gasteiger partial charge in [0.05, 0.1) is 20.3 Å². The predicted octanol–water partition coefficient (Wildman–Crippen LogP) is 2.24. The molecule has 0 aliphatic carbocycles. The number of carbonyl (C=O) groups excluding carboxylic acids is 2. The number of ether oxygens (including phenoxy) is 2. The van der Waals surface area contributed by atoms with Gasteiger partial charge in [-0.05, 0) is 36.2 Å². The van der Waals surface area contributed by atoms with Crippen LogP contribution in [0.2, 0.25) is 0 Å². The van der Waals surface area contributed by atoms with Crippen LogP contribution in [0.3, 0.4) is 0 Å². The number of hydrogen-bond donors (Lipinski definition) is 1. The summed E-state index contributed by atoms with van der Waals surface area (Å²) in [4.78, 5) is 23.4. The molecule has 0 radical (unpaired) electrons. The quantitative estimate of drug-likeness (QED) is 0.796. The lowest BCUT2D eigenvalue weighted by molar-refractivity contribution is -0.109. The molecule has 0 aromatic heterocycles. The minimum Gasteiger partial charge on any atom is -0.493 e. The highest BCUT2D eigenvalue weighted by molar-refractivity contribution is 5.95. The van der Waals surface area contributed by atoms with Crippen LogP contribution in [0.15, 0.2) is 48.5 Å². The molecular formula is C18H19NO4. The Labute approximate surface area is 135 Å². The topological polar surface area (TPSA) is 64.6 Å². The van der Waals surface area contributed by atoms with E-state index in [4.69, 9.17) is 9.47 Å². The van der Waals surface area contributed by atoms with Crippen LogP contribution < -0.4 is 14.8 Å². The van der Waals surface area contributed by atoms with Crippen molar-refractivity contribution in [3.05, 3.63) is 59.7 Å². The van der Waals surface area contributed by atoms with E-state index in [0.717, 1.165) is 11.8 Å². The first kappa shape index (κ1) is 16.5. The van der Waals surface area contributed by atoms with Crippen LogP contribution in [-0.4, -0.2) is 32.5 Å². The van der Waals surface area contributed by atoms with Crippen molar-refractivity contribution in [1.82, 2.24) is 5.32 Å². The van der Waals surface area contributed by atoms with E-state index in [2.05, 4.69) is 5.32 Å². The summed E-state index contributed by atoms with van der Waals surface area (Å²) in [6.45, 7) is 0. The molecule has 0 bridgehead atoms. The molecule has 2 aromatic carbocycles. The molecule has 23 heavy (non-hydrogen) atoms. The molecule has 0 unspecified atom stereocenters. The second kappa shape index (κ2) is 7.98. The van der Waals surface area contributed by atoms with Crippen molar-refractivity contribution in [2.24, 2.45) is 0 Å². The van der Waals surface area contributed by atoms with E-state index >= 15 is 0 Å². The number of nitrogens with one attached hydrogen (secondary N) is 1. The standard InChI is InChI=1S/C18H19NO4/c1-22-16-9-8-13(11-17(16)23-2)10-15(12-20)19-18(21)14-6-4-3-5-7-14/h3-9,11-12,15H,10H2,1-2H3,(H,19,21)/t15-/m0/s1. The third kappa shape index (κ3) is 4.32. The summed E-state index contributed by atoms with van der Waals surface area (Å²) in [7, 11) is 3.11. The molecule has 1 amide bonds. The molecule has 0 aliphatic heterocycles. The summed E-state index contributed by atoms with van der Waals surface area (Å²) in [6, 6.07) is 13.6. The van der Waals surface area contributed by atoms with Crippen molar-refractivity contribution in [2.45, 2.75) is 12.5 Å². The van der Waals surface area contributed by atoms with E-state index in [-0.39, 0.29) is 5.91 Å². The second-order valence-electron chi connectivity index (χ2n) is 4.98. The summed E-state index contributed by atoms with van der Waals surface area (Å²) in [5, 5.41) is 2.72. The van der Waals surface area contributed by atoms with Gasteiger partial charge in [0.2, 0.25) is 0 Å². The maximum atomic E-state index is 12.1. The Balaban J connectivity index is 2.07. The fourth-order valence-electron chi connectivity index (χ4n) is 2.24. The molecule has 0 saturated carbocycles. The molecule has 120 valence electrons. The zero-order chi connectivity index (χ0) is 16.7. The van der Waals surface area contributed by atoms with Crippen LogP contribution >= 0.6 is 0 Å². The third-order valence-corrected chi connectivity index (χ3v) is 3.42. The van der Waals surface area contributed by atoms with Crippen molar-refractivity contribution in [3.63, 3.8) is 0 Å². The number of rotatable bonds is 7. The summed E-state index contributed by atoms with van der Waals surface area (Å²) in [5.74, 6) is 0.930. The minimum atomic E-state index is -0.610. The van der Waals surface area contributed by atoms with Crippen LogP contribution in [0.4, 0.5) is 0 Å². The molecule has 0 heterocycles. The van der Waals surface area contributed by atoms with Gasteiger partial charge >= 0.3 is 0 Å². The van der Waals surface area contributed by atoms with Gasteiger partial charge in [-0.1, -0.05) is 24.3 Å². The molecule has 0 spiro atoms. The van der Waals surface area contributed by atoms with E-state index < -0.39 is 6.04 Å². The zero-order valence-electron chi connectivity index (χ0n) is 13.1. The van der Waals surface area contributed by atoms with E-state index in [9.17, 15) is 9.59 Å². The first-order valence-corrected chi connectivity index (χ1v) is 7.20. The molecule has 0 fully saturated rings. The number of methoxy groups -OCH3 is 2. The minimum absolute atomic E-state index is 0.275. The van der Waals surface area contributed by atoms with Crippen molar-refractivity contribution < 1.29 is 19.1 Å². The van der Waals surface area contributed by atoms with Gasteiger partial charge in [0.25, 0.3) is 5.91 Å². The van der Waals surface area contributed by atoms with E-state index in [1.165, 1.54) is 0 Å². The van der Waals surface area contributed by atoms with Gasteiger partial charge in [-0.3, -0.25) is 4.79 Å². The van der Waals surface area contributed by atoms with E-state index in [1.807, 2.05) is 12.1 Å². The number of amides is 1. The highest BCUT2D eigenvalue weighted by Gasteiger charge is 2.14. The lowest BCUT2D eigenvalue weighted by Gasteiger charge is -2.14. The Bertz CT molecular complexity index is 670. The Hall–Kier alpha value is -2.82. The predicted molar refractivity (Wildman–Crippen MR) is 87.0 cm³/mol. The fraction of sp³-hybridized carbons (Fsp3) is 0.222. The maximum absolute atomic E-state index is 12.1. The Morgan fingerprint density at radius 3 is 2.39 bits per heavy atom. The first-order valence-electron chi connectivity index (χ1n) is 7.20. The summed E-state index contributed by atoms with van der Waals surface area (Å²) in [6.07, 6.45) is 1.11. The van der Waals surface area contributed by atoms with E-state index in [1.54, 1.807) is 50.6 Å². The third-order valence-electron chi connectivity index (χ3n) is 3.42. The van der Waals surface area contributed by atoms with Crippen LogP contribution in [0.1, 0.15) is 15.9 Å². The normalized spacial score (nSPS) is 11.4. The Morgan fingerprint density at radius 1 is 1.09 bits per heavy atom. The van der Waals surface area contributed by atoms with Gasteiger partial charge in [0.15, 0.2) is 11.5 Å². The molecular weight excluding hydrogens is 294 g/mol.